The van der Waals surface area contributed by atoms with Crippen LogP contribution in [0, 0.1) is 0 Å². The Balaban J connectivity index is 3.44. The van der Waals surface area contributed by atoms with Gasteiger partial charge < -0.3 is 5.11 Å². The molecule has 0 aliphatic heterocycles. The number of hydrogen-bond acceptors (Lipinski definition) is 2. The summed E-state index contributed by atoms with van der Waals surface area (Å²) in [5, 5.41) is 9.41. The molecule has 0 aromatic heterocycles. The zero-order valence-electron chi connectivity index (χ0n) is 7.80. The molecule has 66 valence electrons. The van der Waals surface area contributed by atoms with Crippen LogP contribution in [0.5, 0.6) is 0 Å². The molecule has 0 amide bonds. The summed E-state index contributed by atoms with van der Waals surface area (Å²) in [5.41, 5.74) is 0.848. The van der Waals surface area contributed by atoms with Crippen molar-refractivity contribution in [2.45, 2.75) is 45.6 Å². The van der Waals surface area contributed by atoms with Gasteiger partial charge in [-0.2, -0.15) is 0 Å². The van der Waals surface area contributed by atoms with Crippen molar-refractivity contribution in [3.63, 3.8) is 0 Å². The predicted molar refractivity (Wildman–Crippen MR) is 49.2 cm³/mol. The third-order valence-corrected chi connectivity index (χ3v) is 1.92. The molecule has 0 fully saturated rings. The summed E-state index contributed by atoms with van der Waals surface area (Å²) >= 11 is 0. The Kier molecular flexibility index (Phi) is 6.13. The van der Waals surface area contributed by atoms with E-state index in [-0.39, 0.29) is 6.10 Å². The normalized spacial score (nSPS) is 15.1. The summed E-state index contributed by atoms with van der Waals surface area (Å²) in [7, 11) is 1.72. The van der Waals surface area contributed by atoms with Crippen LogP contribution in [0.25, 0.3) is 0 Å². The van der Waals surface area contributed by atoms with Gasteiger partial charge in [-0.05, 0) is 13.3 Å². The van der Waals surface area contributed by atoms with Gasteiger partial charge in [0.25, 0.3) is 0 Å². The highest BCUT2D eigenvalue weighted by Crippen LogP contribution is 2.04. The van der Waals surface area contributed by atoms with Crippen LogP contribution in [0.2, 0.25) is 0 Å². The molecule has 11 heavy (non-hydrogen) atoms. The summed E-state index contributed by atoms with van der Waals surface area (Å²) in [6.45, 7) is 4.03. The van der Waals surface area contributed by atoms with Crippen LogP contribution >= 0.6 is 0 Å². The molecular formula is C9H19NO. The minimum absolute atomic E-state index is 0.313. The van der Waals surface area contributed by atoms with E-state index in [0.717, 1.165) is 18.6 Å². The van der Waals surface area contributed by atoms with Crippen molar-refractivity contribution in [2.75, 3.05) is 7.05 Å². The molecule has 0 unspecified atom stereocenters. The highest BCUT2D eigenvalue weighted by Gasteiger charge is 2.05. The largest absolute Gasteiger partial charge is 0.387 e. The Labute approximate surface area is 69.3 Å². The highest BCUT2D eigenvalue weighted by atomic mass is 16.3. The van der Waals surface area contributed by atoms with Crippen molar-refractivity contribution >= 4 is 5.71 Å². The lowest BCUT2D eigenvalue weighted by Gasteiger charge is -2.08. The van der Waals surface area contributed by atoms with Crippen LogP contribution in [0.1, 0.15) is 39.5 Å². The van der Waals surface area contributed by atoms with Gasteiger partial charge in [0.05, 0.1) is 6.10 Å². The Morgan fingerprint density at radius 1 is 1.45 bits per heavy atom. The molecule has 0 spiro atoms. The van der Waals surface area contributed by atoms with Crippen LogP contribution < -0.4 is 0 Å². The fraction of sp³-hybridized carbons (Fsp3) is 0.889. The topological polar surface area (TPSA) is 32.6 Å². The summed E-state index contributed by atoms with van der Waals surface area (Å²) in [5.74, 6) is 0. The van der Waals surface area contributed by atoms with Gasteiger partial charge in [-0.15, -0.1) is 0 Å². The van der Waals surface area contributed by atoms with Crippen LogP contribution in [-0.4, -0.2) is 24.0 Å². The quantitative estimate of drug-likeness (QED) is 0.480. The Bertz CT molecular complexity index is 121. The second kappa shape index (κ2) is 6.35. The van der Waals surface area contributed by atoms with Gasteiger partial charge in [-0.1, -0.05) is 26.2 Å². The molecule has 0 heterocycles. The van der Waals surface area contributed by atoms with E-state index < -0.39 is 0 Å². The van der Waals surface area contributed by atoms with E-state index in [9.17, 15) is 5.11 Å². The van der Waals surface area contributed by atoms with E-state index in [1.54, 1.807) is 7.05 Å². The SMILES string of the molecule is CCCCC[C@@H](O)C(C)=NC. The minimum atomic E-state index is -0.313. The second-order valence-corrected chi connectivity index (χ2v) is 2.88. The first-order valence-electron chi connectivity index (χ1n) is 4.33. The van der Waals surface area contributed by atoms with E-state index in [2.05, 4.69) is 11.9 Å². The van der Waals surface area contributed by atoms with Gasteiger partial charge in [0.15, 0.2) is 0 Å². The molecule has 0 saturated heterocycles. The number of aliphatic imine (C=N–C) groups is 1. The molecule has 0 aliphatic rings. The van der Waals surface area contributed by atoms with Crippen molar-refractivity contribution in [1.29, 1.82) is 0 Å². The standard InChI is InChI=1S/C9H19NO/c1-4-5-6-7-9(11)8(2)10-3/h9,11H,4-7H2,1-3H3/t9-/m1/s1. The van der Waals surface area contributed by atoms with Gasteiger partial charge >= 0.3 is 0 Å². The number of nitrogens with zero attached hydrogens (tertiary/aromatic N) is 1. The monoisotopic (exact) mass is 157 g/mol. The molecule has 1 atom stereocenters. The number of aliphatic hydroxyl groups excluding tert-OH is 1. The second-order valence-electron chi connectivity index (χ2n) is 2.88. The Morgan fingerprint density at radius 3 is 2.55 bits per heavy atom. The molecule has 2 heteroatoms. The molecule has 0 aromatic carbocycles. The summed E-state index contributed by atoms with van der Waals surface area (Å²) < 4.78 is 0. The maximum absolute atomic E-state index is 9.41. The zero-order valence-corrected chi connectivity index (χ0v) is 7.80. The predicted octanol–water partition coefficient (Wildman–Crippen LogP) is 2.02. The third-order valence-electron chi connectivity index (χ3n) is 1.92. The zero-order chi connectivity index (χ0) is 8.69. The molecule has 0 saturated carbocycles. The first-order valence-corrected chi connectivity index (χ1v) is 4.33. The molecule has 0 bridgehead atoms. The average molecular weight is 157 g/mol. The number of unbranched alkanes of at least 4 members (excludes halogenated alkanes) is 2. The van der Waals surface area contributed by atoms with Crippen molar-refractivity contribution in [3.05, 3.63) is 0 Å². The third kappa shape index (κ3) is 4.96. The first kappa shape index (κ1) is 10.6. The van der Waals surface area contributed by atoms with Crippen molar-refractivity contribution in [2.24, 2.45) is 4.99 Å². The summed E-state index contributed by atoms with van der Waals surface area (Å²) in [6, 6.07) is 0. The van der Waals surface area contributed by atoms with Crippen LogP contribution in [0.15, 0.2) is 4.99 Å². The van der Waals surface area contributed by atoms with Gasteiger partial charge in [0.2, 0.25) is 0 Å². The van der Waals surface area contributed by atoms with Gasteiger partial charge in [-0.25, -0.2) is 0 Å². The fourth-order valence-corrected chi connectivity index (χ4v) is 0.946. The van der Waals surface area contributed by atoms with Crippen molar-refractivity contribution < 1.29 is 5.11 Å². The van der Waals surface area contributed by atoms with E-state index in [1.807, 2.05) is 6.92 Å². The molecular weight excluding hydrogens is 138 g/mol. The van der Waals surface area contributed by atoms with E-state index in [1.165, 1.54) is 12.8 Å². The lowest BCUT2D eigenvalue weighted by Crippen LogP contribution is -2.16. The smallest absolute Gasteiger partial charge is 0.0913 e. The van der Waals surface area contributed by atoms with Gasteiger partial charge in [0, 0.05) is 12.8 Å². The van der Waals surface area contributed by atoms with E-state index in [4.69, 9.17) is 0 Å². The Hall–Kier alpha value is -0.370. The average Bonchev–Trinajstić information content (AvgIpc) is 2.03. The lowest BCUT2D eigenvalue weighted by atomic mass is 10.1. The molecule has 0 aromatic rings. The maximum atomic E-state index is 9.41. The highest BCUT2D eigenvalue weighted by molar-refractivity contribution is 5.85. The number of aliphatic hydroxyl groups is 1. The number of rotatable bonds is 5. The lowest BCUT2D eigenvalue weighted by molar-refractivity contribution is 0.225. The molecule has 0 aliphatic carbocycles. The van der Waals surface area contributed by atoms with Gasteiger partial charge in [0.1, 0.15) is 0 Å². The van der Waals surface area contributed by atoms with Crippen LogP contribution in [0.4, 0.5) is 0 Å². The maximum Gasteiger partial charge on any atom is 0.0913 e. The van der Waals surface area contributed by atoms with Crippen LogP contribution in [-0.2, 0) is 0 Å². The first-order chi connectivity index (χ1) is 5.22. The fourth-order valence-electron chi connectivity index (χ4n) is 0.946. The van der Waals surface area contributed by atoms with Crippen LogP contribution in [0.3, 0.4) is 0 Å². The Morgan fingerprint density at radius 2 is 2.09 bits per heavy atom. The van der Waals surface area contributed by atoms with Gasteiger partial charge in [-0.3, -0.25) is 4.99 Å². The molecule has 0 rings (SSSR count). The van der Waals surface area contributed by atoms with Crippen molar-refractivity contribution in [3.8, 4) is 0 Å². The minimum Gasteiger partial charge on any atom is -0.387 e. The molecule has 0 radical (unpaired) electrons. The van der Waals surface area contributed by atoms with E-state index >= 15 is 0 Å². The molecule has 1 N–H and O–H groups in total. The van der Waals surface area contributed by atoms with Crippen molar-refractivity contribution in [1.82, 2.24) is 0 Å². The summed E-state index contributed by atoms with van der Waals surface area (Å²) in [6.07, 6.45) is 4.05. The summed E-state index contributed by atoms with van der Waals surface area (Å²) in [4.78, 5) is 3.93. The molecule has 2 nitrogen and oxygen atoms in total. The van der Waals surface area contributed by atoms with E-state index in [0.29, 0.717) is 0 Å². The number of hydrogen-bond donors (Lipinski definition) is 1.